The lowest BCUT2D eigenvalue weighted by atomic mass is 10.1. The third kappa shape index (κ3) is 7.32. The van der Waals surface area contributed by atoms with Crippen molar-refractivity contribution in [2.24, 2.45) is 4.99 Å². The SMILES string of the molecule is CCNC(=NCc1ccc(CS(=O)(=O)NC)cc1)NCc1ccc(CC)s1. The molecule has 2 aromatic rings. The zero-order valence-electron chi connectivity index (χ0n) is 16.1. The normalized spacial score (nSPS) is 12.2. The number of aryl methyl sites for hydroxylation is 1. The van der Waals surface area contributed by atoms with Crippen molar-refractivity contribution in [1.82, 2.24) is 15.4 Å². The van der Waals surface area contributed by atoms with E-state index < -0.39 is 10.0 Å². The van der Waals surface area contributed by atoms with Crippen LogP contribution in [0.3, 0.4) is 0 Å². The van der Waals surface area contributed by atoms with Crippen LogP contribution < -0.4 is 15.4 Å². The minimum atomic E-state index is -3.25. The van der Waals surface area contributed by atoms with Crippen LogP contribution in [0.2, 0.25) is 0 Å². The molecular formula is C19H28N4O2S2. The van der Waals surface area contributed by atoms with Crippen LogP contribution in [0.25, 0.3) is 0 Å². The topological polar surface area (TPSA) is 82.6 Å². The van der Waals surface area contributed by atoms with Gasteiger partial charge in [0.15, 0.2) is 5.96 Å². The van der Waals surface area contributed by atoms with Gasteiger partial charge in [-0.1, -0.05) is 31.2 Å². The van der Waals surface area contributed by atoms with Crippen LogP contribution in [0.5, 0.6) is 0 Å². The predicted molar refractivity (Wildman–Crippen MR) is 113 cm³/mol. The average molecular weight is 409 g/mol. The monoisotopic (exact) mass is 408 g/mol. The van der Waals surface area contributed by atoms with E-state index in [0.717, 1.165) is 36.6 Å². The molecule has 1 aromatic carbocycles. The van der Waals surface area contributed by atoms with Gasteiger partial charge in [0.1, 0.15) is 0 Å². The van der Waals surface area contributed by atoms with Crippen LogP contribution in [0.15, 0.2) is 41.4 Å². The van der Waals surface area contributed by atoms with Crippen LogP contribution >= 0.6 is 11.3 Å². The Kier molecular flexibility index (Phi) is 8.27. The Bertz CT molecular complexity index is 843. The number of hydrogen-bond donors (Lipinski definition) is 3. The van der Waals surface area contributed by atoms with Gasteiger partial charge in [0, 0.05) is 16.3 Å². The summed E-state index contributed by atoms with van der Waals surface area (Å²) in [5.41, 5.74) is 1.79. The summed E-state index contributed by atoms with van der Waals surface area (Å²) < 4.78 is 25.5. The van der Waals surface area contributed by atoms with E-state index >= 15 is 0 Å². The Labute approximate surface area is 166 Å². The summed E-state index contributed by atoms with van der Waals surface area (Å²) in [5, 5.41) is 6.61. The Balaban J connectivity index is 1.95. The maximum Gasteiger partial charge on any atom is 0.215 e. The lowest BCUT2D eigenvalue weighted by Gasteiger charge is -2.10. The van der Waals surface area contributed by atoms with Gasteiger partial charge in [0.05, 0.1) is 18.8 Å². The van der Waals surface area contributed by atoms with Crippen molar-refractivity contribution in [3.63, 3.8) is 0 Å². The number of benzene rings is 1. The minimum absolute atomic E-state index is 0.0161. The highest BCUT2D eigenvalue weighted by molar-refractivity contribution is 7.88. The number of aliphatic imine (C=N–C) groups is 1. The van der Waals surface area contributed by atoms with Crippen molar-refractivity contribution >= 4 is 27.3 Å². The van der Waals surface area contributed by atoms with Crippen LogP contribution in [-0.4, -0.2) is 28.0 Å². The molecule has 0 aliphatic rings. The van der Waals surface area contributed by atoms with Gasteiger partial charge in [-0.2, -0.15) is 0 Å². The minimum Gasteiger partial charge on any atom is -0.357 e. The lowest BCUT2D eigenvalue weighted by molar-refractivity contribution is 0.587. The van der Waals surface area contributed by atoms with Crippen molar-refractivity contribution in [1.29, 1.82) is 0 Å². The molecule has 0 aliphatic heterocycles. The van der Waals surface area contributed by atoms with E-state index in [1.165, 1.54) is 16.8 Å². The number of nitrogens with one attached hydrogen (secondary N) is 3. The first kappa shape index (κ1) is 21.4. The van der Waals surface area contributed by atoms with Crippen molar-refractivity contribution in [2.45, 2.75) is 39.1 Å². The molecule has 3 N–H and O–H groups in total. The van der Waals surface area contributed by atoms with Crippen molar-refractivity contribution in [3.05, 3.63) is 57.3 Å². The van der Waals surface area contributed by atoms with Gasteiger partial charge in [-0.05, 0) is 43.7 Å². The zero-order valence-corrected chi connectivity index (χ0v) is 17.7. The summed E-state index contributed by atoms with van der Waals surface area (Å²) in [6.45, 7) is 6.26. The zero-order chi connectivity index (χ0) is 19.7. The Morgan fingerprint density at radius 2 is 1.67 bits per heavy atom. The van der Waals surface area contributed by atoms with Crippen LogP contribution in [0.1, 0.15) is 34.7 Å². The van der Waals surface area contributed by atoms with Crippen LogP contribution in [0.4, 0.5) is 0 Å². The van der Waals surface area contributed by atoms with Crippen molar-refractivity contribution < 1.29 is 8.42 Å². The first-order valence-corrected chi connectivity index (χ1v) is 11.5. The Hall–Kier alpha value is -1.90. The fourth-order valence-electron chi connectivity index (χ4n) is 2.42. The summed E-state index contributed by atoms with van der Waals surface area (Å²) in [7, 11) is -1.83. The number of sulfonamides is 1. The third-order valence-corrected chi connectivity index (χ3v) is 6.52. The summed E-state index contributed by atoms with van der Waals surface area (Å²) in [4.78, 5) is 7.28. The number of nitrogens with zero attached hydrogens (tertiary/aromatic N) is 1. The van der Waals surface area contributed by atoms with Gasteiger partial charge >= 0.3 is 0 Å². The van der Waals surface area contributed by atoms with E-state index in [1.807, 2.05) is 42.5 Å². The van der Waals surface area contributed by atoms with E-state index in [1.54, 1.807) is 0 Å². The van der Waals surface area contributed by atoms with E-state index in [0.29, 0.717) is 6.54 Å². The molecule has 0 bridgehead atoms. The predicted octanol–water partition coefficient (Wildman–Crippen LogP) is 2.62. The summed E-state index contributed by atoms with van der Waals surface area (Å²) >= 11 is 1.82. The molecule has 2 rings (SSSR count). The molecule has 0 amide bonds. The molecule has 6 nitrogen and oxygen atoms in total. The van der Waals surface area contributed by atoms with Crippen LogP contribution in [0, 0.1) is 0 Å². The molecule has 0 atom stereocenters. The highest BCUT2D eigenvalue weighted by Gasteiger charge is 2.08. The number of thiophene rings is 1. The number of rotatable bonds is 9. The van der Waals surface area contributed by atoms with Crippen molar-refractivity contribution in [3.8, 4) is 0 Å². The van der Waals surface area contributed by atoms with E-state index in [4.69, 9.17) is 0 Å². The quantitative estimate of drug-likeness (QED) is 0.440. The maximum absolute atomic E-state index is 11.6. The largest absolute Gasteiger partial charge is 0.357 e. The third-order valence-electron chi connectivity index (χ3n) is 3.95. The van der Waals surface area contributed by atoms with Gasteiger partial charge in [-0.3, -0.25) is 0 Å². The van der Waals surface area contributed by atoms with Gasteiger partial charge in [0.25, 0.3) is 0 Å². The molecule has 0 unspecified atom stereocenters. The summed E-state index contributed by atoms with van der Waals surface area (Å²) in [5.74, 6) is 0.753. The second kappa shape index (κ2) is 10.4. The molecule has 0 aliphatic carbocycles. The molecule has 0 radical (unpaired) electrons. The van der Waals surface area contributed by atoms with Gasteiger partial charge < -0.3 is 10.6 Å². The van der Waals surface area contributed by atoms with Crippen molar-refractivity contribution in [2.75, 3.05) is 13.6 Å². The second-order valence-electron chi connectivity index (χ2n) is 6.05. The Morgan fingerprint density at radius 3 is 2.26 bits per heavy atom. The first-order chi connectivity index (χ1) is 13.0. The molecule has 8 heteroatoms. The number of hydrogen-bond acceptors (Lipinski definition) is 4. The van der Waals surface area contributed by atoms with E-state index in [-0.39, 0.29) is 5.75 Å². The molecule has 27 heavy (non-hydrogen) atoms. The summed E-state index contributed by atoms with van der Waals surface area (Å²) in [6, 6.07) is 11.8. The first-order valence-electron chi connectivity index (χ1n) is 9.04. The lowest BCUT2D eigenvalue weighted by Crippen LogP contribution is -2.36. The maximum atomic E-state index is 11.6. The average Bonchev–Trinajstić information content (AvgIpc) is 3.13. The van der Waals surface area contributed by atoms with Gasteiger partial charge in [-0.25, -0.2) is 18.1 Å². The smallest absolute Gasteiger partial charge is 0.215 e. The molecule has 1 aromatic heterocycles. The molecule has 148 valence electrons. The molecule has 0 spiro atoms. The number of guanidine groups is 1. The molecule has 0 fully saturated rings. The fraction of sp³-hybridized carbons (Fsp3) is 0.421. The second-order valence-corrected chi connectivity index (χ2v) is 9.23. The van der Waals surface area contributed by atoms with Gasteiger partial charge in [0.2, 0.25) is 10.0 Å². The van der Waals surface area contributed by atoms with E-state index in [2.05, 4.69) is 39.4 Å². The molecule has 1 heterocycles. The highest BCUT2D eigenvalue weighted by Crippen LogP contribution is 2.16. The highest BCUT2D eigenvalue weighted by atomic mass is 32.2. The standard InChI is InChI=1S/C19H28N4O2S2/c1-4-17-10-11-18(26-17)13-23-19(21-5-2)22-12-15-6-8-16(9-7-15)14-27(24,25)20-3/h6-11,20H,4-5,12-14H2,1-3H3,(H2,21,22,23). The van der Waals surface area contributed by atoms with Gasteiger partial charge in [-0.15, -0.1) is 11.3 Å². The van der Waals surface area contributed by atoms with E-state index in [9.17, 15) is 8.42 Å². The molecular weight excluding hydrogens is 380 g/mol. The fourth-order valence-corrected chi connectivity index (χ4v) is 4.10. The van der Waals surface area contributed by atoms with Crippen LogP contribution in [-0.2, 0) is 35.3 Å². The summed E-state index contributed by atoms with van der Waals surface area (Å²) in [6.07, 6.45) is 1.06. The molecule has 0 saturated carbocycles. The molecule has 0 saturated heterocycles. The Morgan fingerprint density at radius 1 is 1.00 bits per heavy atom.